The SMILES string of the molecule is C[C@]12CCC3C4=C(C=C(N)CC4)C4(CC4)CC3C1C1CC1[C@@]21CCC(=O)O1. The molecule has 1 heterocycles. The molecule has 0 radical (unpaired) electrons. The lowest BCUT2D eigenvalue weighted by Gasteiger charge is -2.56. The van der Waals surface area contributed by atoms with Crippen LogP contribution in [-0.4, -0.2) is 11.6 Å². The van der Waals surface area contributed by atoms with Crippen molar-refractivity contribution in [2.24, 2.45) is 46.2 Å². The molecule has 27 heavy (non-hydrogen) atoms. The number of ether oxygens (including phenoxy) is 1. The fraction of sp³-hybridized carbons (Fsp3) is 0.792. The predicted molar refractivity (Wildman–Crippen MR) is 102 cm³/mol. The molecule has 2 spiro atoms. The molecule has 1 saturated heterocycles. The lowest BCUT2D eigenvalue weighted by molar-refractivity contribution is -0.172. The number of fused-ring (bicyclic) bond motifs is 9. The van der Waals surface area contributed by atoms with Gasteiger partial charge < -0.3 is 10.5 Å². The van der Waals surface area contributed by atoms with E-state index in [-0.39, 0.29) is 17.0 Å². The molecule has 0 bridgehead atoms. The lowest BCUT2D eigenvalue weighted by Crippen LogP contribution is -2.54. The number of carbonyl (C=O) groups is 1. The molecule has 0 aromatic rings. The Morgan fingerprint density at radius 1 is 1.11 bits per heavy atom. The van der Waals surface area contributed by atoms with Crippen molar-refractivity contribution in [1.82, 2.24) is 0 Å². The third kappa shape index (κ3) is 1.66. The Morgan fingerprint density at radius 2 is 1.96 bits per heavy atom. The van der Waals surface area contributed by atoms with Crippen molar-refractivity contribution in [3.63, 3.8) is 0 Å². The van der Waals surface area contributed by atoms with Gasteiger partial charge in [-0.3, -0.25) is 4.79 Å². The minimum Gasteiger partial charge on any atom is -0.458 e. The number of hydrogen-bond donors (Lipinski definition) is 1. The third-order valence-corrected chi connectivity index (χ3v) is 10.4. The van der Waals surface area contributed by atoms with E-state index in [0.29, 0.717) is 17.8 Å². The molecule has 3 heteroatoms. The maximum absolute atomic E-state index is 12.2. The van der Waals surface area contributed by atoms with Crippen molar-refractivity contribution in [2.45, 2.75) is 76.7 Å². The normalized spacial score (nSPS) is 53.4. The van der Waals surface area contributed by atoms with E-state index in [1.165, 1.54) is 44.9 Å². The van der Waals surface area contributed by atoms with Crippen LogP contribution in [-0.2, 0) is 9.53 Å². The first kappa shape index (κ1) is 15.6. The van der Waals surface area contributed by atoms with E-state index in [0.717, 1.165) is 42.2 Å². The Labute approximate surface area is 161 Å². The van der Waals surface area contributed by atoms with Gasteiger partial charge in [0.1, 0.15) is 5.60 Å². The highest BCUT2D eigenvalue weighted by Gasteiger charge is 2.79. The second-order valence-corrected chi connectivity index (χ2v) is 11.3. The first-order valence-corrected chi connectivity index (χ1v) is 11.4. The van der Waals surface area contributed by atoms with Gasteiger partial charge in [0.25, 0.3) is 0 Å². The highest BCUT2D eigenvalue weighted by Crippen LogP contribution is 2.80. The van der Waals surface area contributed by atoms with E-state index < -0.39 is 0 Å². The van der Waals surface area contributed by atoms with Gasteiger partial charge in [-0.1, -0.05) is 12.5 Å². The minimum absolute atomic E-state index is 0.0739. The highest BCUT2D eigenvalue weighted by atomic mass is 16.6. The number of rotatable bonds is 0. The number of carbonyl (C=O) groups excluding carboxylic acids is 1. The largest absolute Gasteiger partial charge is 0.458 e. The van der Waals surface area contributed by atoms with Crippen molar-refractivity contribution in [1.29, 1.82) is 0 Å². The fourth-order valence-corrected chi connectivity index (χ4v) is 9.20. The molecule has 5 fully saturated rings. The molecular weight excluding hydrogens is 334 g/mol. The van der Waals surface area contributed by atoms with Crippen LogP contribution >= 0.6 is 0 Å². The molecule has 6 aliphatic carbocycles. The van der Waals surface area contributed by atoms with Crippen molar-refractivity contribution < 1.29 is 9.53 Å². The number of allylic oxidation sites excluding steroid dienone is 4. The Hall–Kier alpha value is -1.25. The molecule has 0 aromatic heterocycles. The Bertz CT molecular complexity index is 835. The summed E-state index contributed by atoms with van der Waals surface area (Å²) in [5.41, 5.74) is 11.4. The summed E-state index contributed by atoms with van der Waals surface area (Å²) in [5, 5.41) is 0. The molecule has 7 aliphatic rings. The van der Waals surface area contributed by atoms with E-state index in [9.17, 15) is 4.79 Å². The maximum atomic E-state index is 12.2. The monoisotopic (exact) mass is 365 g/mol. The quantitative estimate of drug-likeness (QED) is 0.644. The summed E-state index contributed by atoms with van der Waals surface area (Å²) in [6.07, 6.45) is 14.3. The zero-order valence-electron chi connectivity index (χ0n) is 16.4. The van der Waals surface area contributed by atoms with Gasteiger partial charge in [0.05, 0.1) is 0 Å². The van der Waals surface area contributed by atoms with Gasteiger partial charge in [-0.05, 0) is 98.5 Å². The number of nitrogens with two attached hydrogens (primary N) is 1. The highest BCUT2D eigenvalue weighted by molar-refractivity contribution is 5.73. The molecule has 7 atom stereocenters. The lowest BCUT2D eigenvalue weighted by atomic mass is 9.49. The summed E-state index contributed by atoms with van der Waals surface area (Å²) < 4.78 is 6.23. The Morgan fingerprint density at radius 3 is 2.70 bits per heavy atom. The second-order valence-electron chi connectivity index (χ2n) is 11.3. The molecule has 144 valence electrons. The van der Waals surface area contributed by atoms with Gasteiger partial charge in [0.2, 0.25) is 0 Å². The van der Waals surface area contributed by atoms with Gasteiger partial charge in [0.15, 0.2) is 0 Å². The minimum atomic E-state index is -0.105. The molecular formula is C24H31NO2. The molecule has 2 N–H and O–H groups in total. The first-order valence-electron chi connectivity index (χ1n) is 11.4. The summed E-state index contributed by atoms with van der Waals surface area (Å²) in [6.45, 7) is 2.51. The molecule has 7 rings (SSSR count). The van der Waals surface area contributed by atoms with Crippen molar-refractivity contribution in [2.75, 3.05) is 0 Å². The van der Waals surface area contributed by atoms with Gasteiger partial charge in [0, 0.05) is 23.5 Å². The summed E-state index contributed by atoms with van der Waals surface area (Å²) in [4.78, 5) is 12.2. The third-order valence-electron chi connectivity index (χ3n) is 10.4. The average Bonchev–Trinajstić information content (AvgIpc) is 3.54. The van der Waals surface area contributed by atoms with E-state index in [1.807, 2.05) is 0 Å². The van der Waals surface area contributed by atoms with Crippen LogP contribution in [0.5, 0.6) is 0 Å². The molecule has 5 unspecified atom stereocenters. The molecule has 4 saturated carbocycles. The molecule has 0 amide bonds. The van der Waals surface area contributed by atoms with Crippen LogP contribution in [0.15, 0.2) is 22.9 Å². The van der Waals surface area contributed by atoms with E-state index in [2.05, 4.69) is 13.0 Å². The maximum Gasteiger partial charge on any atom is 0.306 e. The van der Waals surface area contributed by atoms with Crippen LogP contribution in [0.2, 0.25) is 0 Å². The predicted octanol–water partition coefficient (Wildman–Crippen LogP) is 4.48. The number of hydrogen-bond acceptors (Lipinski definition) is 3. The Kier molecular flexibility index (Phi) is 2.60. The molecule has 0 aromatic carbocycles. The summed E-state index contributed by atoms with van der Waals surface area (Å²) in [6, 6.07) is 0. The topological polar surface area (TPSA) is 52.3 Å². The van der Waals surface area contributed by atoms with Gasteiger partial charge in [-0.2, -0.15) is 0 Å². The van der Waals surface area contributed by atoms with E-state index >= 15 is 0 Å². The zero-order chi connectivity index (χ0) is 18.2. The van der Waals surface area contributed by atoms with Crippen LogP contribution < -0.4 is 5.73 Å². The Balaban J connectivity index is 1.33. The van der Waals surface area contributed by atoms with Crippen molar-refractivity contribution in [3.8, 4) is 0 Å². The van der Waals surface area contributed by atoms with Crippen molar-refractivity contribution >= 4 is 5.97 Å². The van der Waals surface area contributed by atoms with Crippen LogP contribution in [0.1, 0.15) is 71.1 Å². The van der Waals surface area contributed by atoms with Gasteiger partial charge in [-0.15, -0.1) is 0 Å². The molecule has 1 aliphatic heterocycles. The summed E-state index contributed by atoms with van der Waals surface area (Å²) >= 11 is 0. The average molecular weight is 366 g/mol. The standard InChI is InChI=1S/C24H31NO2/c1-22-6-4-14-15-3-2-13(25)10-18(15)23(8-9-23)12-17(14)21(22)16-11-19(16)24(22)7-5-20(26)27-24/h10,14,16-17,19,21H,2-9,11-12,25H2,1H3/t14?,16?,17?,19?,21?,22-,24-/m0/s1. The smallest absolute Gasteiger partial charge is 0.306 e. The second kappa shape index (κ2) is 4.49. The van der Waals surface area contributed by atoms with Crippen LogP contribution in [0.3, 0.4) is 0 Å². The van der Waals surface area contributed by atoms with Gasteiger partial charge >= 0.3 is 5.97 Å². The molecule has 3 nitrogen and oxygen atoms in total. The van der Waals surface area contributed by atoms with E-state index in [1.54, 1.807) is 11.1 Å². The summed E-state index contributed by atoms with van der Waals surface area (Å²) in [7, 11) is 0. The van der Waals surface area contributed by atoms with Crippen LogP contribution in [0.4, 0.5) is 0 Å². The number of esters is 1. The zero-order valence-corrected chi connectivity index (χ0v) is 16.4. The fourth-order valence-electron chi connectivity index (χ4n) is 9.20. The van der Waals surface area contributed by atoms with Crippen LogP contribution in [0.25, 0.3) is 0 Å². The van der Waals surface area contributed by atoms with Crippen molar-refractivity contribution in [3.05, 3.63) is 22.9 Å². The summed E-state index contributed by atoms with van der Waals surface area (Å²) in [5.74, 6) is 3.96. The van der Waals surface area contributed by atoms with Crippen LogP contribution in [0, 0.1) is 40.4 Å². The first-order chi connectivity index (χ1) is 13.0. The van der Waals surface area contributed by atoms with E-state index in [4.69, 9.17) is 10.5 Å². The van der Waals surface area contributed by atoms with Gasteiger partial charge in [-0.25, -0.2) is 0 Å².